The molecule has 0 N–H and O–H groups in total. The van der Waals surface area contributed by atoms with Gasteiger partial charge in [0.1, 0.15) is 0 Å². The summed E-state index contributed by atoms with van der Waals surface area (Å²) in [5.41, 5.74) is 0.129. The molecule has 8 nitrogen and oxygen atoms in total. The molecule has 0 aliphatic heterocycles. The Balaban J connectivity index is 1.34. The van der Waals surface area contributed by atoms with Crippen molar-refractivity contribution in [1.29, 1.82) is 0 Å². The molecular weight excluding hydrogens is 449 g/mol. The van der Waals surface area contributed by atoms with E-state index in [1.165, 1.54) is 30.4 Å². The molecule has 0 spiro atoms. The van der Waals surface area contributed by atoms with Crippen LogP contribution in [-0.4, -0.2) is 26.3 Å². The summed E-state index contributed by atoms with van der Waals surface area (Å²) in [6.07, 6.45) is -5.22. The smallest absolute Gasteiger partial charge is 0.416 e. The van der Waals surface area contributed by atoms with E-state index in [4.69, 9.17) is 13.8 Å². The van der Waals surface area contributed by atoms with Gasteiger partial charge in [0.15, 0.2) is 6.10 Å². The molecule has 0 bridgehead atoms. The van der Waals surface area contributed by atoms with Crippen molar-refractivity contribution in [2.75, 3.05) is 0 Å². The Kier molecular flexibility index (Phi) is 6.04. The zero-order chi connectivity index (χ0) is 22.7. The molecule has 3 heterocycles. The zero-order valence-corrected chi connectivity index (χ0v) is 17.3. The molecule has 0 amide bonds. The van der Waals surface area contributed by atoms with Gasteiger partial charge in [0.25, 0.3) is 5.89 Å². The predicted molar refractivity (Wildman–Crippen MR) is 105 cm³/mol. The van der Waals surface area contributed by atoms with E-state index >= 15 is 0 Å². The molecule has 4 rings (SSSR count). The van der Waals surface area contributed by atoms with Crippen molar-refractivity contribution < 1.29 is 31.7 Å². The van der Waals surface area contributed by atoms with Gasteiger partial charge < -0.3 is 13.8 Å². The van der Waals surface area contributed by atoms with Crippen LogP contribution >= 0.6 is 11.3 Å². The number of hydrogen-bond donors (Lipinski definition) is 0. The summed E-state index contributed by atoms with van der Waals surface area (Å²) < 4.78 is 54.1. The van der Waals surface area contributed by atoms with Crippen LogP contribution in [0.4, 0.5) is 13.2 Å². The van der Waals surface area contributed by atoms with E-state index < -0.39 is 23.8 Å². The number of carbonyl (C=O) groups is 1. The molecule has 1 aromatic carbocycles. The molecule has 3 aromatic heterocycles. The number of ether oxygens (including phenoxy) is 1. The van der Waals surface area contributed by atoms with Gasteiger partial charge in [-0.05, 0) is 30.5 Å². The van der Waals surface area contributed by atoms with Gasteiger partial charge in [0.2, 0.25) is 17.5 Å². The van der Waals surface area contributed by atoms with E-state index in [1.807, 2.05) is 16.8 Å². The van der Waals surface area contributed by atoms with E-state index in [9.17, 15) is 18.0 Å². The Hall–Kier alpha value is -3.54. The Morgan fingerprint density at radius 2 is 1.91 bits per heavy atom. The van der Waals surface area contributed by atoms with Crippen LogP contribution in [-0.2, 0) is 22.1 Å². The fourth-order valence-corrected chi connectivity index (χ4v) is 3.37. The second-order valence-corrected chi connectivity index (χ2v) is 7.47. The number of rotatable bonds is 7. The molecule has 0 aliphatic carbocycles. The van der Waals surface area contributed by atoms with E-state index in [-0.39, 0.29) is 30.1 Å². The van der Waals surface area contributed by atoms with E-state index in [1.54, 1.807) is 0 Å². The van der Waals surface area contributed by atoms with Crippen molar-refractivity contribution >= 4 is 17.3 Å². The fraction of sp³-hybridized carbons (Fsp3) is 0.250. The highest BCUT2D eigenvalue weighted by atomic mass is 32.1. The fourth-order valence-electron chi connectivity index (χ4n) is 2.73. The van der Waals surface area contributed by atoms with E-state index in [2.05, 4.69) is 20.3 Å². The van der Waals surface area contributed by atoms with Crippen LogP contribution in [0.3, 0.4) is 0 Å². The van der Waals surface area contributed by atoms with Crippen molar-refractivity contribution in [1.82, 2.24) is 20.3 Å². The molecule has 0 saturated carbocycles. The number of benzene rings is 1. The zero-order valence-electron chi connectivity index (χ0n) is 16.5. The maximum absolute atomic E-state index is 12.9. The molecular formula is C20H15F3N4O4S. The normalized spacial score (nSPS) is 12.6. The van der Waals surface area contributed by atoms with Crippen LogP contribution in [0, 0.1) is 0 Å². The van der Waals surface area contributed by atoms with Gasteiger partial charge in [-0.1, -0.05) is 22.4 Å². The minimum Gasteiger partial charge on any atom is -0.453 e. The highest BCUT2D eigenvalue weighted by Crippen LogP contribution is 2.32. The average Bonchev–Trinajstić information content (AvgIpc) is 3.53. The van der Waals surface area contributed by atoms with Crippen LogP contribution in [0.1, 0.15) is 36.8 Å². The Bertz CT molecular complexity index is 1200. The lowest BCUT2D eigenvalue weighted by Crippen LogP contribution is -2.10. The van der Waals surface area contributed by atoms with Gasteiger partial charge >= 0.3 is 12.1 Å². The largest absolute Gasteiger partial charge is 0.453 e. The second kappa shape index (κ2) is 8.91. The number of aryl methyl sites for hydroxylation is 1. The van der Waals surface area contributed by atoms with Crippen molar-refractivity contribution in [3.05, 3.63) is 58.4 Å². The third-order valence-corrected chi connectivity index (χ3v) is 5.02. The van der Waals surface area contributed by atoms with Crippen molar-refractivity contribution in [2.45, 2.75) is 32.0 Å². The maximum atomic E-state index is 12.9. The van der Waals surface area contributed by atoms with Crippen LogP contribution in [0.15, 0.2) is 50.1 Å². The second-order valence-electron chi connectivity index (χ2n) is 6.69. The first-order chi connectivity index (χ1) is 15.3. The summed E-state index contributed by atoms with van der Waals surface area (Å²) in [6.45, 7) is 1.52. The van der Waals surface area contributed by atoms with Crippen molar-refractivity contribution in [2.24, 2.45) is 0 Å². The van der Waals surface area contributed by atoms with Gasteiger partial charge in [-0.2, -0.15) is 34.5 Å². The summed E-state index contributed by atoms with van der Waals surface area (Å²) in [5, 5.41) is 11.3. The first kappa shape index (κ1) is 21.7. The molecule has 4 aromatic rings. The molecule has 0 saturated heterocycles. The van der Waals surface area contributed by atoms with Crippen LogP contribution in [0.2, 0.25) is 0 Å². The van der Waals surface area contributed by atoms with Crippen LogP contribution in [0.5, 0.6) is 0 Å². The Morgan fingerprint density at radius 3 is 2.66 bits per heavy atom. The number of alkyl halides is 3. The lowest BCUT2D eigenvalue weighted by molar-refractivity contribution is -0.149. The predicted octanol–water partition coefficient (Wildman–Crippen LogP) is 5.10. The quantitative estimate of drug-likeness (QED) is 0.348. The highest BCUT2D eigenvalue weighted by Gasteiger charge is 2.31. The number of aromatic nitrogens is 4. The van der Waals surface area contributed by atoms with Crippen molar-refractivity contribution in [3.63, 3.8) is 0 Å². The van der Waals surface area contributed by atoms with E-state index in [0.717, 1.165) is 17.7 Å². The molecule has 166 valence electrons. The Morgan fingerprint density at radius 1 is 1.12 bits per heavy atom. The number of thiophene rings is 1. The number of nitrogens with zero attached hydrogens (tertiary/aromatic N) is 4. The minimum atomic E-state index is -4.49. The van der Waals surface area contributed by atoms with Gasteiger partial charge in [0.05, 0.1) is 12.0 Å². The van der Waals surface area contributed by atoms with Crippen molar-refractivity contribution in [3.8, 4) is 22.8 Å². The van der Waals surface area contributed by atoms with E-state index in [0.29, 0.717) is 11.7 Å². The number of esters is 1. The van der Waals surface area contributed by atoms with Gasteiger partial charge in [0, 0.05) is 22.9 Å². The van der Waals surface area contributed by atoms with Crippen LogP contribution < -0.4 is 0 Å². The SMILES string of the molecule is CC(OC(=O)CCc1nc(-c2ccsc2)no1)c1nc(-c2cccc(C(F)(F)F)c2)no1. The molecule has 32 heavy (non-hydrogen) atoms. The maximum Gasteiger partial charge on any atom is 0.416 e. The lowest BCUT2D eigenvalue weighted by atomic mass is 10.1. The summed E-state index contributed by atoms with van der Waals surface area (Å²) in [7, 11) is 0. The summed E-state index contributed by atoms with van der Waals surface area (Å²) in [5.74, 6) is 0.0899. The first-order valence-electron chi connectivity index (χ1n) is 9.35. The molecule has 12 heteroatoms. The molecule has 0 radical (unpaired) electrons. The molecule has 1 atom stereocenters. The molecule has 0 aliphatic rings. The minimum absolute atomic E-state index is 0.0236. The highest BCUT2D eigenvalue weighted by molar-refractivity contribution is 7.08. The van der Waals surface area contributed by atoms with Crippen LogP contribution in [0.25, 0.3) is 22.8 Å². The summed E-state index contributed by atoms with van der Waals surface area (Å²) >= 11 is 1.50. The third-order valence-electron chi connectivity index (χ3n) is 4.34. The monoisotopic (exact) mass is 464 g/mol. The number of halogens is 3. The topological polar surface area (TPSA) is 104 Å². The van der Waals surface area contributed by atoms with Gasteiger partial charge in [-0.15, -0.1) is 0 Å². The first-order valence-corrected chi connectivity index (χ1v) is 10.3. The average molecular weight is 464 g/mol. The number of carbonyl (C=O) groups excluding carboxylic acids is 1. The third kappa shape index (κ3) is 5.02. The summed E-state index contributed by atoms with van der Waals surface area (Å²) in [6, 6.07) is 6.39. The molecule has 0 fully saturated rings. The lowest BCUT2D eigenvalue weighted by Gasteiger charge is -2.08. The van der Waals surface area contributed by atoms with Gasteiger partial charge in [-0.3, -0.25) is 4.79 Å². The van der Waals surface area contributed by atoms with Gasteiger partial charge in [-0.25, -0.2) is 0 Å². The Labute approximate surface area is 183 Å². The number of hydrogen-bond acceptors (Lipinski definition) is 9. The summed E-state index contributed by atoms with van der Waals surface area (Å²) in [4.78, 5) is 20.4. The standard InChI is InChI=1S/C20H15F3N4O4S/c1-11(19-25-17(27-31-19)12-3-2-4-14(9-12)20(21,22)23)29-16(28)6-5-15-24-18(26-30-15)13-7-8-32-10-13/h2-4,7-11H,5-6H2,1H3. The molecule has 1 unspecified atom stereocenters.